The van der Waals surface area contributed by atoms with Crippen LogP contribution in [0.1, 0.15) is 36.0 Å². The standard InChI is InChI=1S/C15H16O/c16-15(14-10-2-1-3-11-14)12-6-9-13-7-4-5-8-13/h1-3,6,9-12H,4-5,7-8H2/b12-6+. The number of hydrogen-bond acceptors (Lipinski definition) is 1. The van der Waals surface area contributed by atoms with Gasteiger partial charge in [0.15, 0.2) is 5.78 Å². The smallest absolute Gasteiger partial charge is 0.185 e. The van der Waals surface area contributed by atoms with Crippen LogP contribution in [0.5, 0.6) is 0 Å². The molecule has 1 fully saturated rings. The molecule has 2 rings (SSSR count). The lowest BCUT2D eigenvalue weighted by Gasteiger charge is -1.93. The molecule has 82 valence electrons. The number of rotatable bonds is 3. The number of hydrogen-bond donors (Lipinski definition) is 0. The Morgan fingerprint density at radius 2 is 1.75 bits per heavy atom. The van der Waals surface area contributed by atoms with Gasteiger partial charge in [0.05, 0.1) is 0 Å². The number of allylic oxidation sites excluding steroid dienone is 4. The van der Waals surface area contributed by atoms with Gasteiger partial charge in [0.1, 0.15) is 0 Å². The lowest BCUT2D eigenvalue weighted by atomic mass is 10.1. The molecule has 1 aromatic rings. The molecule has 0 saturated heterocycles. The van der Waals surface area contributed by atoms with Gasteiger partial charge in [0.2, 0.25) is 0 Å². The molecule has 1 aliphatic carbocycles. The average Bonchev–Trinajstić information content (AvgIpc) is 2.83. The quantitative estimate of drug-likeness (QED) is 0.548. The number of carbonyl (C=O) groups excluding carboxylic acids is 1. The van der Waals surface area contributed by atoms with E-state index in [2.05, 4.69) is 6.08 Å². The summed E-state index contributed by atoms with van der Waals surface area (Å²) in [5.41, 5.74) is 2.22. The van der Waals surface area contributed by atoms with Crippen LogP contribution in [0.25, 0.3) is 0 Å². The van der Waals surface area contributed by atoms with Crippen molar-refractivity contribution in [2.45, 2.75) is 25.7 Å². The summed E-state index contributed by atoms with van der Waals surface area (Å²) in [4.78, 5) is 11.7. The first-order valence-electron chi connectivity index (χ1n) is 5.82. The number of ketones is 1. The molecule has 0 N–H and O–H groups in total. The van der Waals surface area contributed by atoms with E-state index in [0.717, 1.165) is 5.56 Å². The lowest BCUT2D eigenvalue weighted by molar-refractivity contribution is 0.104. The van der Waals surface area contributed by atoms with Gasteiger partial charge in [-0.05, 0) is 31.8 Å². The Bertz CT molecular complexity index is 404. The van der Waals surface area contributed by atoms with Gasteiger partial charge >= 0.3 is 0 Å². The molecule has 0 atom stereocenters. The van der Waals surface area contributed by atoms with Crippen LogP contribution in [-0.2, 0) is 0 Å². The van der Waals surface area contributed by atoms with Crippen molar-refractivity contribution < 1.29 is 4.79 Å². The molecule has 16 heavy (non-hydrogen) atoms. The molecule has 1 heteroatoms. The molecule has 1 nitrogen and oxygen atoms in total. The Morgan fingerprint density at radius 3 is 2.44 bits per heavy atom. The van der Waals surface area contributed by atoms with Crippen molar-refractivity contribution in [3.63, 3.8) is 0 Å². The van der Waals surface area contributed by atoms with Crippen LogP contribution in [0.15, 0.2) is 54.1 Å². The fourth-order valence-corrected chi connectivity index (χ4v) is 1.97. The van der Waals surface area contributed by atoms with Crippen LogP contribution in [0.3, 0.4) is 0 Å². The fraction of sp³-hybridized carbons (Fsp3) is 0.267. The number of carbonyl (C=O) groups is 1. The Labute approximate surface area is 96.5 Å². The van der Waals surface area contributed by atoms with Gasteiger partial charge in [-0.25, -0.2) is 0 Å². The first-order valence-corrected chi connectivity index (χ1v) is 5.82. The zero-order chi connectivity index (χ0) is 11.2. The molecule has 0 radical (unpaired) electrons. The van der Waals surface area contributed by atoms with E-state index in [1.54, 1.807) is 6.08 Å². The first kappa shape index (κ1) is 10.9. The highest BCUT2D eigenvalue weighted by Gasteiger charge is 2.04. The SMILES string of the molecule is O=C(/C=C/C=C1CCCC1)c1ccccc1. The summed E-state index contributed by atoms with van der Waals surface area (Å²) >= 11 is 0. The molecular weight excluding hydrogens is 196 g/mol. The van der Waals surface area contributed by atoms with E-state index in [-0.39, 0.29) is 5.78 Å². The molecule has 0 bridgehead atoms. The van der Waals surface area contributed by atoms with Crippen LogP contribution >= 0.6 is 0 Å². The molecule has 0 amide bonds. The molecule has 0 aromatic heterocycles. The number of benzene rings is 1. The molecule has 1 saturated carbocycles. The minimum atomic E-state index is 0.0791. The van der Waals surface area contributed by atoms with Crippen LogP contribution in [-0.4, -0.2) is 5.78 Å². The maximum Gasteiger partial charge on any atom is 0.185 e. The van der Waals surface area contributed by atoms with Gasteiger partial charge in [-0.3, -0.25) is 4.79 Å². The zero-order valence-electron chi connectivity index (χ0n) is 9.36. The van der Waals surface area contributed by atoms with Crippen molar-refractivity contribution in [3.05, 3.63) is 59.7 Å². The predicted molar refractivity (Wildman–Crippen MR) is 66.5 cm³/mol. The summed E-state index contributed by atoms with van der Waals surface area (Å²) in [5.74, 6) is 0.0791. The maximum atomic E-state index is 11.7. The molecule has 1 aliphatic rings. The van der Waals surface area contributed by atoms with E-state index >= 15 is 0 Å². The Morgan fingerprint density at radius 1 is 1.06 bits per heavy atom. The average molecular weight is 212 g/mol. The zero-order valence-corrected chi connectivity index (χ0v) is 9.36. The van der Waals surface area contributed by atoms with Crippen LogP contribution in [0.2, 0.25) is 0 Å². The third-order valence-corrected chi connectivity index (χ3v) is 2.88. The van der Waals surface area contributed by atoms with E-state index in [0.29, 0.717) is 0 Å². The van der Waals surface area contributed by atoms with Crippen molar-refractivity contribution in [1.29, 1.82) is 0 Å². The van der Waals surface area contributed by atoms with Crippen LogP contribution in [0, 0.1) is 0 Å². The van der Waals surface area contributed by atoms with E-state index < -0.39 is 0 Å². The van der Waals surface area contributed by atoms with E-state index in [1.165, 1.54) is 31.3 Å². The Kier molecular flexibility index (Phi) is 3.71. The Hall–Kier alpha value is -1.63. The second kappa shape index (κ2) is 5.45. The summed E-state index contributed by atoms with van der Waals surface area (Å²) in [7, 11) is 0. The van der Waals surface area contributed by atoms with Crippen molar-refractivity contribution >= 4 is 5.78 Å². The van der Waals surface area contributed by atoms with Crippen molar-refractivity contribution in [2.75, 3.05) is 0 Å². The highest BCUT2D eigenvalue weighted by Crippen LogP contribution is 2.23. The van der Waals surface area contributed by atoms with Gasteiger partial charge in [-0.2, -0.15) is 0 Å². The van der Waals surface area contributed by atoms with Gasteiger partial charge in [0.25, 0.3) is 0 Å². The molecule has 0 unspecified atom stereocenters. The van der Waals surface area contributed by atoms with E-state index in [9.17, 15) is 4.79 Å². The second-order valence-corrected chi connectivity index (χ2v) is 4.12. The highest BCUT2D eigenvalue weighted by atomic mass is 16.1. The van der Waals surface area contributed by atoms with Crippen LogP contribution in [0.4, 0.5) is 0 Å². The lowest BCUT2D eigenvalue weighted by Crippen LogP contribution is -1.92. The highest BCUT2D eigenvalue weighted by molar-refractivity contribution is 6.04. The summed E-state index contributed by atoms with van der Waals surface area (Å²) < 4.78 is 0. The third kappa shape index (κ3) is 2.93. The minimum Gasteiger partial charge on any atom is -0.289 e. The first-order chi connectivity index (χ1) is 7.86. The second-order valence-electron chi connectivity index (χ2n) is 4.12. The summed E-state index contributed by atoms with van der Waals surface area (Å²) in [6, 6.07) is 9.37. The predicted octanol–water partition coefficient (Wildman–Crippen LogP) is 3.93. The van der Waals surface area contributed by atoms with Gasteiger partial charge in [-0.15, -0.1) is 0 Å². The van der Waals surface area contributed by atoms with Gasteiger partial charge in [0, 0.05) is 5.56 Å². The molecule has 0 heterocycles. The largest absolute Gasteiger partial charge is 0.289 e. The normalized spacial score (nSPS) is 15.6. The molecular formula is C15H16O. The molecule has 0 aliphatic heterocycles. The van der Waals surface area contributed by atoms with Gasteiger partial charge in [-0.1, -0.05) is 48.1 Å². The summed E-state index contributed by atoms with van der Waals surface area (Å²) in [6.45, 7) is 0. The molecule has 1 aromatic carbocycles. The van der Waals surface area contributed by atoms with E-state index in [1.807, 2.05) is 36.4 Å². The van der Waals surface area contributed by atoms with Crippen LogP contribution < -0.4 is 0 Å². The van der Waals surface area contributed by atoms with Crippen molar-refractivity contribution in [1.82, 2.24) is 0 Å². The topological polar surface area (TPSA) is 17.1 Å². The monoisotopic (exact) mass is 212 g/mol. The fourth-order valence-electron chi connectivity index (χ4n) is 1.97. The maximum absolute atomic E-state index is 11.7. The van der Waals surface area contributed by atoms with Crippen molar-refractivity contribution in [2.24, 2.45) is 0 Å². The summed E-state index contributed by atoms with van der Waals surface area (Å²) in [6.07, 6.45) is 10.6. The third-order valence-electron chi connectivity index (χ3n) is 2.88. The summed E-state index contributed by atoms with van der Waals surface area (Å²) in [5, 5.41) is 0. The molecule has 0 spiro atoms. The van der Waals surface area contributed by atoms with E-state index in [4.69, 9.17) is 0 Å². The minimum absolute atomic E-state index is 0.0791. The van der Waals surface area contributed by atoms with Gasteiger partial charge < -0.3 is 0 Å². The van der Waals surface area contributed by atoms with Crippen molar-refractivity contribution in [3.8, 4) is 0 Å². The Balaban J connectivity index is 1.97.